The second-order valence-corrected chi connectivity index (χ2v) is 5.54. The molecule has 0 heterocycles. The van der Waals surface area contributed by atoms with E-state index >= 15 is 0 Å². The molecule has 1 N–H and O–H groups in total. The number of carbonyl (C=O) groups excluding carboxylic acids is 1. The van der Waals surface area contributed by atoms with Crippen molar-refractivity contribution in [1.29, 1.82) is 0 Å². The largest absolute Gasteiger partial charge is 0.325 e. The lowest BCUT2D eigenvalue weighted by Gasteiger charge is -2.21. The van der Waals surface area contributed by atoms with Gasteiger partial charge >= 0.3 is 0 Å². The fourth-order valence-corrected chi connectivity index (χ4v) is 2.48. The molecule has 3 nitrogen and oxygen atoms in total. The van der Waals surface area contributed by atoms with Crippen LogP contribution in [0.4, 0.5) is 5.69 Å². The van der Waals surface area contributed by atoms with Gasteiger partial charge in [0.25, 0.3) is 0 Å². The molecule has 3 rings (SSSR count). The molecule has 0 bridgehead atoms. The SMILES string of the molecule is O=C(CN(Cc1ccccc1)C1CC1)Nc1ccccc1. The van der Waals surface area contributed by atoms with Crippen LogP contribution in [0.25, 0.3) is 0 Å². The van der Waals surface area contributed by atoms with Gasteiger partial charge in [0.05, 0.1) is 6.54 Å². The van der Waals surface area contributed by atoms with Crippen molar-refractivity contribution < 1.29 is 4.79 Å². The zero-order chi connectivity index (χ0) is 14.5. The van der Waals surface area contributed by atoms with Gasteiger partial charge in [-0.25, -0.2) is 0 Å². The first-order valence-electron chi connectivity index (χ1n) is 7.44. The highest BCUT2D eigenvalue weighted by Crippen LogP contribution is 2.28. The van der Waals surface area contributed by atoms with Crippen LogP contribution < -0.4 is 5.32 Å². The van der Waals surface area contributed by atoms with Crippen LogP contribution >= 0.6 is 0 Å². The van der Waals surface area contributed by atoms with Crippen molar-refractivity contribution in [3.8, 4) is 0 Å². The Morgan fingerprint density at radius 1 is 1.00 bits per heavy atom. The van der Waals surface area contributed by atoms with Gasteiger partial charge in [0.2, 0.25) is 5.91 Å². The van der Waals surface area contributed by atoms with Crippen LogP contribution in [0.3, 0.4) is 0 Å². The third-order valence-electron chi connectivity index (χ3n) is 3.70. The topological polar surface area (TPSA) is 32.3 Å². The van der Waals surface area contributed by atoms with Crippen molar-refractivity contribution in [2.75, 3.05) is 11.9 Å². The Labute approximate surface area is 125 Å². The summed E-state index contributed by atoms with van der Waals surface area (Å²) in [5.74, 6) is 0.0593. The van der Waals surface area contributed by atoms with E-state index in [1.54, 1.807) is 0 Å². The molecule has 1 aliphatic rings. The number of hydrogen-bond donors (Lipinski definition) is 1. The molecule has 1 aliphatic carbocycles. The molecule has 0 aromatic heterocycles. The molecule has 0 unspecified atom stereocenters. The maximum Gasteiger partial charge on any atom is 0.238 e. The van der Waals surface area contributed by atoms with Gasteiger partial charge in [-0.15, -0.1) is 0 Å². The summed E-state index contributed by atoms with van der Waals surface area (Å²) >= 11 is 0. The highest BCUT2D eigenvalue weighted by atomic mass is 16.2. The summed E-state index contributed by atoms with van der Waals surface area (Å²) in [5, 5.41) is 2.96. The second kappa shape index (κ2) is 6.55. The lowest BCUT2D eigenvalue weighted by atomic mass is 10.2. The fraction of sp³-hybridized carbons (Fsp3) is 0.278. The normalized spacial score (nSPS) is 14.1. The lowest BCUT2D eigenvalue weighted by Crippen LogP contribution is -2.34. The van der Waals surface area contributed by atoms with Gasteiger partial charge in [0.15, 0.2) is 0 Å². The number of carbonyl (C=O) groups is 1. The second-order valence-electron chi connectivity index (χ2n) is 5.54. The molecule has 0 radical (unpaired) electrons. The molecular weight excluding hydrogens is 260 g/mol. The van der Waals surface area contributed by atoms with Crippen molar-refractivity contribution in [1.82, 2.24) is 4.90 Å². The standard InChI is InChI=1S/C18H20N2O/c21-18(19-16-9-5-2-6-10-16)14-20(17-11-12-17)13-15-7-3-1-4-8-15/h1-10,17H,11-14H2,(H,19,21). The molecule has 0 atom stereocenters. The zero-order valence-electron chi connectivity index (χ0n) is 12.0. The van der Waals surface area contributed by atoms with Crippen molar-refractivity contribution in [2.45, 2.75) is 25.4 Å². The summed E-state index contributed by atoms with van der Waals surface area (Å²) in [6, 6.07) is 20.5. The fourth-order valence-electron chi connectivity index (χ4n) is 2.48. The summed E-state index contributed by atoms with van der Waals surface area (Å²) in [6.45, 7) is 1.29. The van der Waals surface area contributed by atoms with Crippen molar-refractivity contribution in [3.63, 3.8) is 0 Å². The van der Waals surface area contributed by atoms with Crippen LogP contribution in [0.2, 0.25) is 0 Å². The maximum atomic E-state index is 12.2. The molecule has 0 aliphatic heterocycles. The average molecular weight is 280 g/mol. The molecule has 2 aromatic rings. The van der Waals surface area contributed by atoms with E-state index < -0.39 is 0 Å². The molecule has 108 valence electrons. The highest BCUT2D eigenvalue weighted by Gasteiger charge is 2.30. The van der Waals surface area contributed by atoms with Crippen molar-refractivity contribution in [3.05, 3.63) is 66.2 Å². The molecule has 3 heteroatoms. The number of nitrogens with one attached hydrogen (secondary N) is 1. The van der Waals surface area contributed by atoms with Crippen LogP contribution in [-0.4, -0.2) is 23.4 Å². The van der Waals surface area contributed by atoms with Gasteiger partial charge in [0, 0.05) is 18.3 Å². The van der Waals surface area contributed by atoms with E-state index in [-0.39, 0.29) is 5.91 Å². The summed E-state index contributed by atoms with van der Waals surface area (Å²) in [7, 11) is 0. The Morgan fingerprint density at radius 2 is 1.62 bits per heavy atom. The smallest absolute Gasteiger partial charge is 0.238 e. The van der Waals surface area contributed by atoms with E-state index in [4.69, 9.17) is 0 Å². The van der Waals surface area contributed by atoms with Gasteiger partial charge in [-0.05, 0) is 30.5 Å². The first-order valence-corrected chi connectivity index (χ1v) is 7.44. The number of para-hydroxylation sites is 1. The van der Waals surface area contributed by atoms with Gasteiger partial charge in [-0.3, -0.25) is 9.69 Å². The minimum absolute atomic E-state index is 0.0593. The first kappa shape index (κ1) is 13.8. The van der Waals surface area contributed by atoms with Gasteiger partial charge < -0.3 is 5.32 Å². The number of anilines is 1. The number of hydrogen-bond acceptors (Lipinski definition) is 2. The number of benzene rings is 2. The summed E-state index contributed by atoms with van der Waals surface area (Å²) < 4.78 is 0. The van der Waals surface area contributed by atoms with E-state index in [1.807, 2.05) is 48.5 Å². The Morgan fingerprint density at radius 3 is 2.24 bits per heavy atom. The third kappa shape index (κ3) is 4.17. The van der Waals surface area contributed by atoms with E-state index in [9.17, 15) is 4.79 Å². The number of nitrogens with zero attached hydrogens (tertiary/aromatic N) is 1. The quantitative estimate of drug-likeness (QED) is 0.880. The molecule has 1 fully saturated rings. The van der Waals surface area contributed by atoms with Gasteiger partial charge in [-0.2, -0.15) is 0 Å². The Balaban J connectivity index is 1.59. The highest BCUT2D eigenvalue weighted by molar-refractivity contribution is 5.92. The number of rotatable bonds is 6. The molecule has 2 aromatic carbocycles. The monoisotopic (exact) mass is 280 g/mol. The zero-order valence-corrected chi connectivity index (χ0v) is 12.0. The minimum Gasteiger partial charge on any atom is -0.325 e. The van der Waals surface area contributed by atoms with Crippen LogP contribution in [0.5, 0.6) is 0 Å². The van der Waals surface area contributed by atoms with E-state index in [0.29, 0.717) is 12.6 Å². The predicted molar refractivity (Wildman–Crippen MR) is 84.9 cm³/mol. The lowest BCUT2D eigenvalue weighted by molar-refractivity contribution is -0.117. The maximum absolute atomic E-state index is 12.2. The molecule has 1 amide bonds. The van der Waals surface area contributed by atoms with E-state index in [1.165, 1.54) is 18.4 Å². The third-order valence-corrected chi connectivity index (χ3v) is 3.70. The molecule has 21 heavy (non-hydrogen) atoms. The first-order chi connectivity index (χ1) is 10.3. The van der Waals surface area contributed by atoms with Gasteiger partial charge in [-0.1, -0.05) is 48.5 Å². The summed E-state index contributed by atoms with van der Waals surface area (Å²) in [5.41, 5.74) is 2.12. The van der Waals surface area contributed by atoms with Crippen LogP contribution in [0, 0.1) is 0 Å². The average Bonchev–Trinajstić information content (AvgIpc) is 3.33. The Hall–Kier alpha value is -2.13. The molecule has 0 saturated heterocycles. The summed E-state index contributed by atoms with van der Waals surface area (Å²) in [6.07, 6.45) is 2.40. The minimum atomic E-state index is 0.0593. The van der Waals surface area contributed by atoms with Crippen molar-refractivity contribution >= 4 is 11.6 Å². The molecular formula is C18H20N2O. The van der Waals surface area contributed by atoms with E-state index in [2.05, 4.69) is 22.3 Å². The van der Waals surface area contributed by atoms with Crippen LogP contribution in [-0.2, 0) is 11.3 Å². The molecule has 1 saturated carbocycles. The number of amides is 1. The van der Waals surface area contributed by atoms with E-state index in [0.717, 1.165) is 12.2 Å². The van der Waals surface area contributed by atoms with Crippen molar-refractivity contribution in [2.24, 2.45) is 0 Å². The van der Waals surface area contributed by atoms with Crippen LogP contribution in [0.15, 0.2) is 60.7 Å². The molecule has 0 spiro atoms. The predicted octanol–water partition coefficient (Wildman–Crippen LogP) is 3.29. The van der Waals surface area contributed by atoms with Crippen LogP contribution in [0.1, 0.15) is 18.4 Å². The summed E-state index contributed by atoms with van der Waals surface area (Å²) in [4.78, 5) is 14.5. The Bertz CT molecular complexity index is 579. The Kier molecular flexibility index (Phi) is 4.31. The van der Waals surface area contributed by atoms with Gasteiger partial charge in [0.1, 0.15) is 0 Å².